The summed E-state index contributed by atoms with van der Waals surface area (Å²) < 4.78 is 0. The van der Waals surface area contributed by atoms with Crippen molar-refractivity contribution < 1.29 is 68.4 Å². The zero-order valence-corrected chi connectivity index (χ0v) is 41.1. The molecule has 0 unspecified atom stereocenters. The molecule has 2 aromatic carbocycles. The maximum absolute atomic E-state index is 14.3. The molecule has 0 spiro atoms. The van der Waals surface area contributed by atoms with Crippen LogP contribution in [0.15, 0.2) is 54.6 Å². The van der Waals surface area contributed by atoms with E-state index in [9.17, 15) is 68.4 Å². The Hall–Kier alpha value is -7.18. The van der Waals surface area contributed by atoms with Gasteiger partial charge in [0.05, 0.1) is 13.0 Å². The number of carbonyl (C=O) groups excluding carboxylic acids is 8. The van der Waals surface area contributed by atoms with Gasteiger partial charge in [-0.2, -0.15) is 0 Å². The molecule has 0 saturated heterocycles. The molecule has 0 radical (unpaired) electrons. The second kappa shape index (κ2) is 31.2. The van der Waals surface area contributed by atoms with Crippen LogP contribution in [0.5, 0.6) is 5.75 Å². The van der Waals surface area contributed by atoms with Crippen LogP contribution in [0.1, 0.15) is 90.2 Å². The molecule has 24 heteroatoms. The first-order valence-corrected chi connectivity index (χ1v) is 23.7. The average molecular weight is 1010 g/mol. The molecule has 2 aromatic rings. The first kappa shape index (κ1) is 60.9. The van der Waals surface area contributed by atoms with E-state index in [2.05, 4.69) is 37.2 Å². The topological polar surface area (TPSA) is 414 Å². The molecule has 0 fully saturated rings. The molecule has 72 heavy (non-hydrogen) atoms. The van der Waals surface area contributed by atoms with Gasteiger partial charge >= 0.3 is 11.9 Å². The number of rotatable bonds is 33. The van der Waals surface area contributed by atoms with E-state index in [1.807, 2.05) is 0 Å². The van der Waals surface area contributed by atoms with Crippen LogP contribution >= 0.6 is 0 Å². The van der Waals surface area contributed by atoms with Crippen LogP contribution in [0.3, 0.4) is 0 Å². The SMILES string of the molecule is CC[C@H](C)[C@H](NC(=O)[C@@H](N)CO)C(=O)N[C@@H](Cc1ccc(O)cc1)C(=O)N[C@@H](CC(N)=O)C(=O)N[C@@H](Cc1ccccc1)C(=O)N[C@@H](CCC(=O)O)C(=O)N[C@@H](CCCCN)C(=O)N[C@@H](CC(C)C)C(=O)O. The van der Waals surface area contributed by atoms with Crippen molar-refractivity contribution in [2.75, 3.05) is 13.2 Å². The second-order valence-corrected chi connectivity index (χ2v) is 17.9. The molecule has 2 rings (SSSR count). The van der Waals surface area contributed by atoms with E-state index in [1.54, 1.807) is 58.0 Å². The van der Waals surface area contributed by atoms with Gasteiger partial charge in [0, 0.05) is 19.3 Å². The molecule has 0 aliphatic rings. The maximum atomic E-state index is 14.3. The van der Waals surface area contributed by atoms with E-state index in [0.29, 0.717) is 30.4 Å². The van der Waals surface area contributed by atoms with Crippen molar-refractivity contribution in [2.45, 2.75) is 140 Å². The summed E-state index contributed by atoms with van der Waals surface area (Å²) in [6.45, 7) is 6.41. The summed E-state index contributed by atoms with van der Waals surface area (Å²) in [7, 11) is 0. The molecular weight excluding hydrogens is 941 g/mol. The number of hydrogen-bond donors (Lipinski definition) is 14. The van der Waals surface area contributed by atoms with Crippen molar-refractivity contribution in [3.05, 3.63) is 65.7 Å². The average Bonchev–Trinajstić information content (AvgIpc) is 3.32. The summed E-state index contributed by atoms with van der Waals surface area (Å²) in [6, 6.07) is 1.89. The van der Waals surface area contributed by atoms with E-state index in [-0.39, 0.29) is 43.9 Å². The number of nitrogens with two attached hydrogens (primary N) is 3. The number of aromatic hydroxyl groups is 1. The van der Waals surface area contributed by atoms with Crippen LogP contribution in [-0.4, -0.2) is 141 Å². The lowest BCUT2D eigenvalue weighted by atomic mass is 9.96. The lowest BCUT2D eigenvalue weighted by molar-refractivity contribution is -0.143. The van der Waals surface area contributed by atoms with E-state index in [4.69, 9.17) is 17.2 Å². The Morgan fingerprint density at radius 1 is 0.583 bits per heavy atom. The Bertz CT molecular complexity index is 2150. The van der Waals surface area contributed by atoms with Gasteiger partial charge in [-0.1, -0.05) is 76.6 Å². The summed E-state index contributed by atoms with van der Waals surface area (Å²) in [5.74, 6) is -11.2. The van der Waals surface area contributed by atoms with Crippen molar-refractivity contribution in [3.8, 4) is 5.75 Å². The number of amides is 8. The highest BCUT2D eigenvalue weighted by atomic mass is 16.4. The highest BCUT2D eigenvalue weighted by molar-refractivity contribution is 5.99. The minimum absolute atomic E-state index is 0.00410. The van der Waals surface area contributed by atoms with Gasteiger partial charge in [0.2, 0.25) is 47.3 Å². The van der Waals surface area contributed by atoms with Crippen LogP contribution in [0.2, 0.25) is 0 Å². The summed E-state index contributed by atoms with van der Waals surface area (Å²) >= 11 is 0. The van der Waals surface area contributed by atoms with Gasteiger partial charge in [-0.05, 0) is 73.7 Å². The molecule has 398 valence electrons. The van der Waals surface area contributed by atoms with E-state index < -0.39 is 139 Å². The molecule has 24 nitrogen and oxygen atoms in total. The van der Waals surface area contributed by atoms with Crippen molar-refractivity contribution in [2.24, 2.45) is 29.0 Å². The Balaban J connectivity index is 2.55. The lowest BCUT2D eigenvalue weighted by Gasteiger charge is -2.29. The number of carboxylic acids is 2. The van der Waals surface area contributed by atoms with Gasteiger partial charge in [-0.3, -0.25) is 43.2 Å². The number of hydrogen-bond acceptors (Lipinski definition) is 14. The molecule has 0 saturated carbocycles. The third-order valence-corrected chi connectivity index (χ3v) is 11.5. The third-order valence-electron chi connectivity index (χ3n) is 11.5. The predicted molar refractivity (Wildman–Crippen MR) is 261 cm³/mol. The van der Waals surface area contributed by atoms with Crippen LogP contribution in [0.25, 0.3) is 0 Å². The summed E-state index contributed by atoms with van der Waals surface area (Å²) in [4.78, 5) is 133. The van der Waals surface area contributed by atoms with Crippen molar-refractivity contribution in [1.82, 2.24) is 37.2 Å². The van der Waals surface area contributed by atoms with Gasteiger partial charge in [0.25, 0.3) is 0 Å². The van der Waals surface area contributed by atoms with Crippen LogP contribution in [0.4, 0.5) is 0 Å². The number of aliphatic carboxylic acids is 2. The fourth-order valence-electron chi connectivity index (χ4n) is 7.21. The minimum atomic E-state index is -1.81. The lowest BCUT2D eigenvalue weighted by Crippen LogP contribution is -2.61. The van der Waals surface area contributed by atoms with E-state index >= 15 is 0 Å². The maximum Gasteiger partial charge on any atom is 0.326 e. The van der Waals surface area contributed by atoms with Crippen LogP contribution in [0, 0.1) is 11.8 Å². The van der Waals surface area contributed by atoms with Gasteiger partial charge < -0.3 is 74.8 Å². The van der Waals surface area contributed by atoms with E-state index in [1.165, 1.54) is 24.3 Å². The monoisotopic (exact) mass is 1010 g/mol. The summed E-state index contributed by atoms with van der Waals surface area (Å²) in [5.41, 5.74) is 17.8. The second-order valence-electron chi connectivity index (χ2n) is 17.9. The van der Waals surface area contributed by atoms with Gasteiger partial charge in [0.15, 0.2) is 0 Å². The molecule has 0 bridgehead atoms. The first-order chi connectivity index (χ1) is 34.0. The number of benzene rings is 2. The Morgan fingerprint density at radius 3 is 1.54 bits per heavy atom. The van der Waals surface area contributed by atoms with Crippen LogP contribution < -0.4 is 54.4 Å². The number of nitrogens with one attached hydrogen (secondary N) is 7. The number of phenols is 1. The summed E-state index contributed by atoms with van der Waals surface area (Å²) in [6.07, 6.45) is -1.33. The molecule has 0 heterocycles. The molecule has 8 amide bonds. The largest absolute Gasteiger partial charge is 0.508 e. The highest BCUT2D eigenvalue weighted by Gasteiger charge is 2.36. The standard InChI is InChI=1S/C48H72N10O14/c1-5-27(4)40(58-41(64)31(50)25-59)47(70)56-35(23-29-14-16-30(60)17-15-29)45(68)55-36(24-38(51)61)46(69)54-34(22-28-11-7-6-8-12-28)44(67)53-33(18-19-39(62)63)43(66)52-32(13-9-10-20-49)42(65)57-37(48(71)72)21-26(2)3/h6-8,11-12,14-17,26-27,31-37,40,59-60H,5,9-10,13,18-25,49-50H2,1-4H3,(H2,51,61)(H,52,66)(H,53,67)(H,54,69)(H,55,68)(H,56,70)(H,57,65)(H,58,64)(H,62,63)(H,71,72)/t27-,31-,32-,33-,34-,35-,36-,37-,40-/m0/s1. The Labute approximate surface area is 417 Å². The zero-order valence-electron chi connectivity index (χ0n) is 41.1. The molecule has 0 aliphatic carbocycles. The molecule has 9 atom stereocenters. The van der Waals surface area contributed by atoms with Crippen LogP contribution in [-0.2, 0) is 60.8 Å². The Morgan fingerprint density at radius 2 is 1.06 bits per heavy atom. The molecule has 0 aromatic heterocycles. The van der Waals surface area contributed by atoms with Gasteiger partial charge in [0.1, 0.15) is 54.1 Å². The number of unbranched alkanes of at least 4 members (excludes halogenated alkanes) is 1. The molecular formula is C48H72N10O14. The molecule has 17 N–H and O–H groups in total. The minimum Gasteiger partial charge on any atom is -0.508 e. The predicted octanol–water partition coefficient (Wildman–Crippen LogP) is -2.06. The number of carboxylic acid groups (broad SMARTS) is 2. The van der Waals surface area contributed by atoms with Crippen molar-refractivity contribution in [1.29, 1.82) is 0 Å². The smallest absolute Gasteiger partial charge is 0.326 e. The van der Waals surface area contributed by atoms with Gasteiger partial charge in [-0.25, -0.2) is 4.79 Å². The molecule has 0 aliphatic heterocycles. The number of primary amides is 1. The highest BCUT2D eigenvalue weighted by Crippen LogP contribution is 2.15. The quantitative estimate of drug-likeness (QED) is 0.0342. The fourth-order valence-corrected chi connectivity index (χ4v) is 7.21. The van der Waals surface area contributed by atoms with Crippen molar-refractivity contribution >= 4 is 59.2 Å². The summed E-state index contributed by atoms with van der Waals surface area (Å²) in [5, 5.41) is 56.0. The third kappa shape index (κ3) is 21.9. The fraction of sp³-hybridized carbons (Fsp3) is 0.542. The number of aliphatic hydroxyl groups excluding tert-OH is 1. The normalized spacial score (nSPS) is 14.8. The number of carbonyl (C=O) groups is 10. The van der Waals surface area contributed by atoms with Gasteiger partial charge in [-0.15, -0.1) is 0 Å². The number of aliphatic hydroxyl groups is 1. The van der Waals surface area contributed by atoms with E-state index in [0.717, 1.165) is 0 Å². The zero-order chi connectivity index (χ0) is 54.1. The van der Waals surface area contributed by atoms with Crippen molar-refractivity contribution in [3.63, 3.8) is 0 Å². The first-order valence-electron chi connectivity index (χ1n) is 23.7. The Kier molecular flexibility index (Phi) is 26.4. The number of phenolic OH excluding ortho intramolecular Hbond substituents is 1.